The fourth-order valence-electron chi connectivity index (χ4n) is 3.34. The molecule has 31 heavy (non-hydrogen) atoms. The molecule has 0 aliphatic carbocycles. The number of aromatic nitrogens is 4. The van der Waals surface area contributed by atoms with E-state index in [1.165, 1.54) is 22.2 Å². The first-order valence-corrected chi connectivity index (χ1v) is 11.5. The van der Waals surface area contributed by atoms with Crippen molar-refractivity contribution in [1.29, 1.82) is 0 Å². The van der Waals surface area contributed by atoms with E-state index in [2.05, 4.69) is 34.1 Å². The van der Waals surface area contributed by atoms with Gasteiger partial charge in [0.25, 0.3) is 0 Å². The number of nitrogens with one attached hydrogen (secondary N) is 1. The fourth-order valence-corrected chi connectivity index (χ4v) is 5.27. The molecule has 160 valence electrons. The topological polar surface area (TPSA) is 81.9 Å². The Bertz CT molecular complexity index is 1220. The summed E-state index contributed by atoms with van der Waals surface area (Å²) in [5.41, 5.74) is 2.11. The first-order chi connectivity index (χ1) is 15.0. The molecule has 1 unspecified atom stereocenters. The lowest BCUT2D eigenvalue weighted by atomic mass is 10.1. The fraction of sp³-hybridized carbons (Fsp3) is 0.273. The number of carbonyl (C=O) groups is 1. The van der Waals surface area contributed by atoms with Gasteiger partial charge in [0, 0.05) is 29.7 Å². The van der Waals surface area contributed by atoms with E-state index >= 15 is 0 Å². The molecule has 0 fully saturated rings. The molecule has 3 aromatic heterocycles. The van der Waals surface area contributed by atoms with E-state index in [0.717, 1.165) is 32.4 Å². The Morgan fingerprint density at radius 1 is 1.23 bits per heavy atom. The first-order valence-electron chi connectivity index (χ1n) is 9.72. The molecule has 1 aromatic carbocycles. The Morgan fingerprint density at radius 2 is 2.00 bits per heavy atom. The zero-order valence-electron chi connectivity index (χ0n) is 17.7. The van der Waals surface area contributed by atoms with Crippen LogP contribution in [-0.4, -0.2) is 38.3 Å². The number of fused-ring (bicyclic) bond motifs is 1. The second kappa shape index (κ2) is 9.07. The number of hydrogen-bond acceptors (Lipinski definition) is 7. The summed E-state index contributed by atoms with van der Waals surface area (Å²) in [4.78, 5) is 28.3. The number of benzene rings is 1. The molecule has 0 bridgehead atoms. The highest BCUT2D eigenvalue weighted by Crippen LogP contribution is 2.34. The summed E-state index contributed by atoms with van der Waals surface area (Å²) in [6.45, 7) is 4.15. The van der Waals surface area contributed by atoms with Crippen LogP contribution >= 0.6 is 23.1 Å². The van der Waals surface area contributed by atoms with Gasteiger partial charge in [-0.05, 0) is 37.1 Å². The van der Waals surface area contributed by atoms with Crippen LogP contribution in [0.25, 0.3) is 10.2 Å². The average Bonchev–Trinajstić information content (AvgIpc) is 3.33. The smallest absolute Gasteiger partial charge is 0.231 e. The van der Waals surface area contributed by atoms with Gasteiger partial charge in [-0.25, -0.2) is 15.0 Å². The maximum Gasteiger partial charge on any atom is 0.231 e. The highest BCUT2D eigenvalue weighted by molar-refractivity contribution is 8.00. The highest BCUT2D eigenvalue weighted by Gasteiger charge is 2.21. The van der Waals surface area contributed by atoms with E-state index in [-0.39, 0.29) is 17.7 Å². The van der Waals surface area contributed by atoms with Gasteiger partial charge in [0.05, 0.1) is 12.9 Å². The van der Waals surface area contributed by atoms with Crippen LogP contribution in [0.3, 0.4) is 0 Å². The lowest BCUT2D eigenvalue weighted by Gasteiger charge is -2.19. The second-order valence-corrected chi connectivity index (χ2v) is 9.27. The average molecular weight is 454 g/mol. The largest absolute Gasteiger partial charge is 0.497 e. The molecule has 0 aliphatic rings. The van der Waals surface area contributed by atoms with Gasteiger partial charge >= 0.3 is 0 Å². The molecule has 1 N–H and O–H groups in total. The minimum Gasteiger partial charge on any atom is -0.497 e. The number of thioether (sulfide) groups is 1. The molecule has 9 heteroatoms. The number of amides is 1. The maximum atomic E-state index is 12.9. The molecule has 0 spiro atoms. The normalized spacial score (nSPS) is 12.1. The number of nitrogens with zero attached hydrogens (tertiary/aromatic N) is 4. The van der Waals surface area contributed by atoms with Crippen LogP contribution in [0, 0.1) is 13.8 Å². The van der Waals surface area contributed by atoms with E-state index in [1.807, 2.05) is 42.1 Å². The molecule has 0 aliphatic heterocycles. The molecular weight excluding hydrogens is 430 g/mol. The van der Waals surface area contributed by atoms with Crippen LogP contribution in [0.5, 0.6) is 5.75 Å². The van der Waals surface area contributed by atoms with Gasteiger partial charge in [0.2, 0.25) is 5.91 Å². The highest BCUT2D eigenvalue weighted by atomic mass is 32.2. The van der Waals surface area contributed by atoms with Gasteiger partial charge in [-0.2, -0.15) is 0 Å². The van der Waals surface area contributed by atoms with E-state index in [4.69, 9.17) is 4.74 Å². The Balaban J connectivity index is 1.54. The third-order valence-corrected chi connectivity index (χ3v) is 7.25. The van der Waals surface area contributed by atoms with Gasteiger partial charge in [0.1, 0.15) is 33.8 Å². The van der Waals surface area contributed by atoms with Crippen molar-refractivity contribution >= 4 is 39.2 Å². The second-order valence-electron chi connectivity index (χ2n) is 7.10. The van der Waals surface area contributed by atoms with Crippen LogP contribution < -0.4 is 10.1 Å². The number of rotatable bonds is 7. The predicted octanol–water partition coefficient (Wildman–Crippen LogP) is 4.05. The molecule has 0 radical (unpaired) electrons. The SMILES string of the molecule is COc1ccc(C(NC(=O)CSc2ncnc3sc(C)c(C)c23)c2nccn2C)cc1. The summed E-state index contributed by atoms with van der Waals surface area (Å²) in [6, 6.07) is 7.28. The van der Waals surface area contributed by atoms with Crippen LogP contribution in [0.2, 0.25) is 0 Å². The molecule has 1 atom stereocenters. The maximum absolute atomic E-state index is 12.9. The Labute approximate surface area is 188 Å². The number of hydrogen-bond donors (Lipinski definition) is 1. The third-order valence-electron chi connectivity index (χ3n) is 5.14. The third kappa shape index (κ3) is 4.42. The minimum absolute atomic E-state index is 0.0924. The Hall–Kier alpha value is -2.91. The molecule has 7 nitrogen and oxygen atoms in total. The number of ether oxygens (including phenoxy) is 1. The zero-order chi connectivity index (χ0) is 22.0. The first kappa shape index (κ1) is 21.3. The standard InChI is InChI=1S/C22H23N5O2S2/c1-13-14(2)31-22-18(13)21(24-12-25-22)30-11-17(28)26-19(20-23-9-10-27(20)3)15-5-7-16(29-4)8-6-15/h5-10,12,19H,11H2,1-4H3,(H,26,28). The van der Waals surface area contributed by atoms with Gasteiger partial charge in [-0.15, -0.1) is 11.3 Å². The lowest BCUT2D eigenvalue weighted by molar-refractivity contribution is -0.119. The summed E-state index contributed by atoms with van der Waals surface area (Å²) in [7, 11) is 3.55. The number of imidazole rings is 1. The van der Waals surface area contributed by atoms with Crippen LogP contribution in [0.4, 0.5) is 0 Å². The number of aryl methyl sites for hydroxylation is 3. The van der Waals surface area contributed by atoms with Crippen molar-refractivity contribution in [2.45, 2.75) is 24.9 Å². The van der Waals surface area contributed by atoms with Gasteiger partial charge in [-0.1, -0.05) is 23.9 Å². The van der Waals surface area contributed by atoms with Crippen LogP contribution in [0.15, 0.2) is 48.0 Å². The molecule has 4 aromatic rings. The predicted molar refractivity (Wildman–Crippen MR) is 124 cm³/mol. The van der Waals surface area contributed by atoms with E-state index in [0.29, 0.717) is 0 Å². The summed E-state index contributed by atoms with van der Waals surface area (Å²) in [6.07, 6.45) is 5.16. The monoisotopic (exact) mass is 453 g/mol. The van der Waals surface area contributed by atoms with Crippen LogP contribution in [-0.2, 0) is 11.8 Å². The van der Waals surface area contributed by atoms with Crippen molar-refractivity contribution in [3.63, 3.8) is 0 Å². The molecule has 3 heterocycles. The molecule has 0 saturated heterocycles. The van der Waals surface area contributed by atoms with Gasteiger partial charge in [-0.3, -0.25) is 4.79 Å². The van der Waals surface area contributed by atoms with Crippen molar-refractivity contribution in [1.82, 2.24) is 24.8 Å². The lowest BCUT2D eigenvalue weighted by Crippen LogP contribution is -2.32. The van der Waals surface area contributed by atoms with Crippen molar-refractivity contribution in [3.05, 3.63) is 64.8 Å². The van der Waals surface area contributed by atoms with Gasteiger partial charge < -0.3 is 14.6 Å². The summed E-state index contributed by atoms with van der Waals surface area (Å²) in [5.74, 6) is 1.68. The van der Waals surface area contributed by atoms with Crippen molar-refractivity contribution in [2.75, 3.05) is 12.9 Å². The van der Waals surface area contributed by atoms with E-state index < -0.39 is 0 Å². The molecule has 1 amide bonds. The van der Waals surface area contributed by atoms with Crippen molar-refractivity contribution in [3.8, 4) is 5.75 Å². The van der Waals surface area contributed by atoms with E-state index in [1.54, 1.807) is 31.0 Å². The number of thiophene rings is 1. The van der Waals surface area contributed by atoms with Crippen molar-refractivity contribution < 1.29 is 9.53 Å². The number of carbonyl (C=O) groups excluding carboxylic acids is 1. The summed E-state index contributed by atoms with van der Waals surface area (Å²) in [5, 5.41) is 5.00. The molecule has 4 rings (SSSR count). The van der Waals surface area contributed by atoms with Gasteiger partial charge in [0.15, 0.2) is 0 Å². The Kier molecular flexibility index (Phi) is 6.24. The number of methoxy groups -OCH3 is 1. The van der Waals surface area contributed by atoms with Crippen LogP contribution in [0.1, 0.15) is 27.9 Å². The summed E-state index contributed by atoms with van der Waals surface area (Å²) >= 11 is 3.08. The minimum atomic E-state index is -0.366. The quantitative estimate of drug-likeness (QED) is 0.336. The Morgan fingerprint density at radius 3 is 2.68 bits per heavy atom. The zero-order valence-corrected chi connectivity index (χ0v) is 19.4. The van der Waals surface area contributed by atoms with Crippen molar-refractivity contribution in [2.24, 2.45) is 7.05 Å². The molecular formula is C22H23N5O2S2. The van der Waals surface area contributed by atoms with E-state index in [9.17, 15) is 4.79 Å². The summed E-state index contributed by atoms with van der Waals surface area (Å²) < 4.78 is 7.17. The molecule has 0 saturated carbocycles.